The SMILES string of the molecule is CC(C)(C)OC(=O)N1C[C@@H]2C[C@@H]2[C@H]1CNC(=O)c1scc2c1OCCO2. The Bertz CT molecular complexity index is 726. The second-order valence-electron chi connectivity index (χ2n) is 8.02. The van der Waals surface area contributed by atoms with Crippen molar-refractivity contribution in [2.24, 2.45) is 11.8 Å². The zero-order chi connectivity index (χ0) is 18.5. The van der Waals surface area contributed by atoms with Gasteiger partial charge in [-0.25, -0.2) is 4.79 Å². The first-order valence-electron chi connectivity index (χ1n) is 8.98. The molecule has 2 fully saturated rings. The highest BCUT2D eigenvalue weighted by molar-refractivity contribution is 7.12. The first-order chi connectivity index (χ1) is 12.3. The van der Waals surface area contributed by atoms with Gasteiger partial charge in [-0.3, -0.25) is 4.79 Å². The van der Waals surface area contributed by atoms with Crippen molar-refractivity contribution >= 4 is 23.3 Å². The van der Waals surface area contributed by atoms with Crippen molar-refractivity contribution in [1.29, 1.82) is 0 Å². The molecule has 1 aliphatic carbocycles. The summed E-state index contributed by atoms with van der Waals surface area (Å²) in [6, 6.07) is -0.00763. The molecule has 0 spiro atoms. The lowest BCUT2D eigenvalue weighted by molar-refractivity contribution is 0.0192. The van der Waals surface area contributed by atoms with Gasteiger partial charge in [0.1, 0.15) is 23.7 Å². The van der Waals surface area contributed by atoms with Gasteiger partial charge in [-0.1, -0.05) is 0 Å². The van der Waals surface area contributed by atoms with Gasteiger partial charge in [0.15, 0.2) is 11.5 Å². The van der Waals surface area contributed by atoms with Gasteiger partial charge in [-0.05, 0) is 39.0 Å². The molecule has 1 aromatic heterocycles. The summed E-state index contributed by atoms with van der Waals surface area (Å²) in [5.41, 5.74) is -0.523. The molecule has 0 radical (unpaired) electrons. The van der Waals surface area contributed by atoms with E-state index in [0.717, 1.165) is 6.42 Å². The number of nitrogens with zero attached hydrogens (tertiary/aromatic N) is 1. The number of hydrogen-bond donors (Lipinski definition) is 1. The van der Waals surface area contributed by atoms with Crippen molar-refractivity contribution < 1.29 is 23.8 Å². The van der Waals surface area contributed by atoms with Crippen LogP contribution in [0.1, 0.15) is 36.9 Å². The van der Waals surface area contributed by atoms with Gasteiger partial charge < -0.3 is 24.4 Å². The zero-order valence-corrected chi connectivity index (χ0v) is 16.1. The molecule has 0 unspecified atom stereocenters. The molecule has 1 saturated heterocycles. The van der Waals surface area contributed by atoms with Crippen LogP contribution in [0, 0.1) is 11.8 Å². The maximum atomic E-state index is 12.6. The molecule has 1 N–H and O–H groups in total. The quantitative estimate of drug-likeness (QED) is 0.872. The van der Waals surface area contributed by atoms with Crippen LogP contribution in [0.3, 0.4) is 0 Å². The molecule has 2 aliphatic heterocycles. The normalized spacial score (nSPS) is 26.3. The molecule has 8 heteroatoms. The molecule has 0 bridgehead atoms. The van der Waals surface area contributed by atoms with Crippen LogP contribution >= 0.6 is 11.3 Å². The number of nitrogens with one attached hydrogen (secondary N) is 1. The van der Waals surface area contributed by atoms with Crippen LogP contribution in [0.5, 0.6) is 11.5 Å². The number of amides is 2. The largest absolute Gasteiger partial charge is 0.485 e. The van der Waals surface area contributed by atoms with Crippen LogP contribution in [0.4, 0.5) is 4.79 Å². The molecule has 0 aromatic carbocycles. The maximum absolute atomic E-state index is 12.6. The standard InChI is InChI=1S/C18H24N2O5S/c1-18(2,3)25-17(22)20-8-10-6-11(10)12(20)7-19-16(21)15-14-13(9-26-15)23-4-5-24-14/h9-12H,4-8H2,1-3H3,(H,19,21)/t10-,11-,12+/m0/s1. The fraction of sp³-hybridized carbons (Fsp3) is 0.667. The topological polar surface area (TPSA) is 77.1 Å². The predicted octanol–water partition coefficient (Wildman–Crippen LogP) is 2.50. The van der Waals surface area contributed by atoms with E-state index < -0.39 is 5.60 Å². The first kappa shape index (κ1) is 17.5. The lowest BCUT2D eigenvalue weighted by Crippen LogP contribution is -2.47. The van der Waals surface area contributed by atoms with Crippen molar-refractivity contribution in [3.8, 4) is 11.5 Å². The maximum Gasteiger partial charge on any atom is 0.410 e. The van der Waals surface area contributed by atoms with Gasteiger partial charge in [-0.15, -0.1) is 11.3 Å². The third-order valence-electron chi connectivity index (χ3n) is 4.91. The van der Waals surface area contributed by atoms with Gasteiger partial charge >= 0.3 is 6.09 Å². The zero-order valence-electron chi connectivity index (χ0n) is 15.2. The molecular formula is C18H24N2O5S. The van der Waals surface area contributed by atoms with Gasteiger partial charge in [-0.2, -0.15) is 0 Å². The smallest absolute Gasteiger partial charge is 0.410 e. The Labute approximate surface area is 156 Å². The van der Waals surface area contributed by atoms with Gasteiger partial charge in [0, 0.05) is 18.5 Å². The van der Waals surface area contributed by atoms with Crippen molar-refractivity contribution in [2.45, 2.75) is 38.8 Å². The number of ether oxygens (including phenoxy) is 3. The molecule has 3 atom stereocenters. The second kappa shape index (κ2) is 6.33. The van der Waals surface area contributed by atoms with Crippen LogP contribution < -0.4 is 14.8 Å². The average molecular weight is 380 g/mol. The number of piperidine rings is 1. The second-order valence-corrected chi connectivity index (χ2v) is 8.90. The lowest BCUT2D eigenvalue weighted by atomic mass is 10.2. The Hall–Kier alpha value is -1.96. The summed E-state index contributed by atoms with van der Waals surface area (Å²) in [5, 5.41) is 4.76. The van der Waals surface area contributed by atoms with E-state index >= 15 is 0 Å². The molecule has 3 aliphatic rings. The summed E-state index contributed by atoms with van der Waals surface area (Å²) in [6.45, 7) is 7.67. The fourth-order valence-electron chi connectivity index (χ4n) is 3.66. The number of thiophene rings is 1. The number of fused-ring (bicyclic) bond motifs is 2. The molecule has 142 valence electrons. The van der Waals surface area contributed by atoms with Crippen molar-refractivity contribution in [3.05, 3.63) is 10.3 Å². The minimum absolute atomic E-state index is 0.00763. The molecule has 4 rings (SSSR count). The van der Waals surface area contributed by atoms with Crippen LogP contribution in [0.2, 0.25) is 0 Å². The monoisotopic (exact) mass is 380 g/mol. The van der Waals surface area contributed by atoms with Crippen LogP contribution in [0.15, 0.2) is 5.38 Å². The van der Waals surface area contributed by atoms with E-state index in [2.05, 4.69) is 5.32 Å². The Kier molecular flexibility index (Phi) is 4.25. The summed E-state index contributed by atoms with van der Waals surface area (Å²) in [5.74, 6) is 1.97. The molecule has 2 amide bonds. The fourth-order valence-corrected chi connectivity index (χ4v) is 4.51. The van der Waals surface area contributed by atoms with E-state index in [4.69, 9.17) is 14.2 Å². The summed E-state index contributed by atoms with van der Waals surface area (Å²) in [7, 11) is 0. The first-order valence-corrected chi connectivity index (χ1v) is 9.86. The van der Waals surface area contributed by atoms with Crippen molar-refractivity contribution in [3.63, 3.8) is 0 Å². The van der Waals surface area contributed by atoms with E-state index in [0.29, 0.717) is 54.5 Å². The average Bonchev–Trinajstić information content (AvgIpc) is 3.06. The molecule has 3 heterocycles. The van der Waals surface area contributed by atoms with E-state index in [1.807, 2.05) is 20.8 Å². The predicted molar refractivity (Wildman–Crippen MR) is 96.0 cm³/mol. The van der Waals surface area contributed by atoms with Gasteiger partial charge in [0.2, 0.25) is 0 Å². The van der Waals surface area contributed by atoms with Gasteiger partial charge in [0.25, 0.3) is 5.91 Å². The third kappa shape index (κ3) is 3.34. The summed E-state index contributed by atoms with van der Waals surface area (Å²) in [4.78, 5) is 27.3. The number of rotatable bonds is 3. The number of likely N-dealkylation sites (tertiary alicyclic amines) is 1. The van der Waals surface area contributed by atoms with E-state index in [1.54, 1.807) is 10.3 Å². The number of carbonyl (C=O) groups excluding carboxylic acids is 2. The van der Waals surface area contributed by atoms with E-state index in [-0.39, 0.29) is 18.0 Å². The number of carbonyl (C=O) groups is 2. The van der Waals surface area contributed by atoms with Gasteiger partial charge in [0.05, 0.1) is 6.04 Å². The van der Waals surface area contributed by atoms with Crippen molar-refractivity contribution in [2.75, 3.05) is 26.3 Å². The minimum atomic E-state index is -0.523. The Balaban J connectivity index is 1.39. The number of hydrogen-bond acceptors (Lipinski definition) is 6. The Morgan fingerprint density at radius 1 is 1.35 bits per heavy atom. The third-order valence-corrected chi connectivity index (χ3v) is 5.85. The molecule has 26 heavy (non-hydrogen) atoms. The lowest BCUT2D eigenvalue weighted by Gasteiger charge is -2.30. The molecule has 1 aromatic rings. The van der Waals surface area contributed by atoms with Crippen LogP contribution in [0.25, 0.3) is 0 Å². The summed E-state index contributed by atoms with van der Waals surface area (Å²) >= 11 is 1.31. The molecular weight excluding hydrogens is 356 g/mol. The highest BCUT2D eigenvalue weighted by Gasteiger charge is 2.54. The van der Waals surface area contributed by atoms with Crippen LogP contribution in [-0.2, 0) is 4.74 Å². The highest BCUT2D eigenvalue weighted by Crippen LogP contribution is 2.49. The summed E-state index contributed by atoms with van der Waals surface area (Å²) < 4.78 is 16.6. The molecule has 7 nitrogen and oxygen atoms in total. The highest BCUT2D eigenvalue weighted by atomic mass is 32.1. The Morgan fingerprint density at radius 3 is 2.88 bits per heavy atom. The Morgan fingerprint density at radius 2 is 2.12 bits per heavy atom. The summed E-state index contributed by atoms with van der Waals surface area (Å²) in [6.07, 6.45) is 0.819. The minimum Gasteiger partial charge on any atom is -0.485 e. The molecule has 1 saturated carbocycles. The van der Waals surface area contributed by atoms with E-state index in [9.17, 15) is 9.59 Å². The van der Waals surface area contributed by atoms with E-state index in [1.165, 1.54) is 11.3 Å². The van der Waals surface area contributed by atoms with Crippen molar-refractivity contribution in [1.82, 2.24) is 10.2 Å². The van der Waals surface area contributed by atoms with Crippen LogP contribution in [-0.4, -0.2) is 54.8 Å².